The minimum atomic E-state index is 0.306. The van der Waals surface area contributed by atoms with Gasteiger partial charge in [0.2, 0.25) is 0 Å². The van der Waals surface area contributed by atoms with Crippen molar-refractivity contribution in [3.05, 3.63) is 30.1 Å². The average Bonchev–Trinajstić information content (AvgIpc) is 2.26. The second-order valence-corrected chi connectivity index (χ2v) is 4.79. The van der Waals surface area contributed by atoms with Crippen LogP contribution < -0.4 is 0 Å². The Bertz CT molecular complexity index is 302. The Kier molecular flexibility index (Phi) is 3.60. The maximum Gasteiger partial charge on any atom is 0.0489 e. The van der Waals surface area contributed by atoms with Crippen LogP contribution in [0.1, 0.15) is 25.3 Å². The lowest BCUT2D eigenvalue weighted by atomic mass is 10.0. The van der Waals surface area contributed by atoms with Crippen LogP contribution in [-0.2, 0) is 6.54 Å². The maximum atomic E-state index is 6.27. The Labute approximate surface area is 96.3 Å². The quantitative estimate of drug-likeness (QED) is 0.719. The molecule has 1 fully saturated rings. The van der Waals surface area contributed by atoms with Crippen molar-refractivity contribution < 1.29 is 0 Å². The number of rotatable bonds is 2. The number of pyridine rings is 1. The van der Waals surface area contributed by atoms with Crippen molar-refractivity contribution in [2.45, 2.75) is 37.7 Å². The number of hydrogen-bond donors (Lipinski definition) is 0. The van der Waals surface area contributed by atoms with Crippen LogP contribution in [0, 0.1) is 0 Å². The van der Waals surface area contributed by atoms with Crippen LogP contribution in [0.2, 0.25) is 0 Å². The third-order valence-electron chi connectivity index (χ3n) is 3.16. The lowest BCUT2D eigenvalue weighted by molar-refractivity contribution is 0.156. The molecule has 2 rings (SSSR count). The van der Waals surface area contributed by atoms with E-state index in [1.807, 2.05) is 12.4 Å². The van der Waals surface area contributed by atoms with Crippen molar-refractivity contribution in [3.8, 4) is 0 Å². The largest absolute Gasteiger partial charge is 0.295 e. The molecule has 15 heavy (non-hydrogen) atoms. The van der Waals surface area contributed by atoms with Crippen molar-refractivity contribution >= 4 is 11.6 Å². The summed E-state index contributed by atoms with van der Waals surface area (Å²) in [7, 11) is 0. The van der Waals surface area contributed by atoms with E-state index in [1.54, 1.807) is 0 Å². The van der Waals surface area contributed by atoms with Crippen LogP contribution in [0.4, 0.5) is 0 Å². The molecule has 1 aliphatic heterocycles. The predicted octanol–water partition coefficient (Wildman–Crippen LogP) is 2.67. The van der Waals surface area contributed by atoms with Crippen molar-refractivity contribution in [2.24, 2.45) is 0 Å². The van der Waals surface area contributed by atoms with E-state index >= 15 is 0 Å². The van der Waals surface area contributed by atoms with Gasteiger partial charge in [0.1, 0.15) is 0 Å². The number of piperidine rings is 1. The third-order valence-corrected chi connectivity index (χ3v) is 3.74. The Hall–Kier alpha value is -0.600. The van der Waals surface area contributed by atoms with Gasteiger partial charge < -0.3 is 0 Å². The topological polar surface area (TPSA) is 16.1 Å². The van der Waals surface area contributed by atoms with E-state index in [0.717, 1.165) is 19.5 Å². The second kappa shape index (κ2) is 4.95. The molecule has 0 saturated carbocycles. The van der Waals surface area contributed by atoms with E-state index in [2.05, 4.69) is 28.9 Å². The van der Waals surface area contributed by atoms with Crippen LogP contribution in [-0.4, -0.2) is 27.8 Å². The number of halogens is 1. The molecule has 2 atom stereocenters. The summed E-state index contributed by atoms with van der Waals surface area (Å²) in [5.74, 6) is 0. The van der Waals surface area contributed by atoms with Gasteiger partial charge in [-0.15, -0.1) is 11.6 Å². The normalized spacial score (nSPS) is 27.9. The fourth-order valence-electron chi connectivity index (χ4n) is 2.11. The zero-order valence-electron chi connectivity index (χ0n) is 9.06. The van der Waals surface area contributed by atoms with Gasteiger partial charge in [0.25, 0.3) is 0 Å². The summed E-state index contributed by atoms with van der Waals surface area (Å²) < 4.78 is 0. The van der Waals surface area contributed by atoms with Gasteiger partial charge in [-0.2, -0.15) is 0 Å². The number of nitrogens with zero attached hydrogens (tertiary/aromatic N) is 2. The smallest absolute Gasteiger partial charge is 0.0489 e. The lowest BCUT2D eigenvalue weighted by Crippen LogP contribution is -2.43. The van der Waals surface area contributed by atoms with Crippen LogP contribution >= 0.6 is 11.6 Å². The van der Waals surface area contributed by atoms with Gasteiger partial charge in [-0.3, -0.25) is 9.88 Å². The summed E-state index contributed by atoms with van der Waals surface area (Å²) in [6.45, 7) is 4.37. The molecule has 0 bridgehead atoms. The molecule has 1 aliphatic rings. The molecule has 0 spiro atoms. The zero-order chi connectivity index (χ0) is 10.7. The van der Waals surface area contributed by atoms with Crippen LogP contribution in [0.25, 0.3) is 0 Å². The highest BCUT2D eigenvalue weighted by molar-refractivity contribution is 6.21. The SMILES string of the molecule is CC1C(Cl)CCCN1Cc1ccncc1. The summed E-state index contributed by atoms with van der Waals surface area (Å²) in [6, 6.07) is 4.63. The summed E-state index contributed by atoms with van der Waals surface area (Å²) in [6.07, 6.45) is 6.06. The van der Waals surface area contributed by atoms with Gasteiger partial charge in [-0.05, 0) is 44.0 Å². The Morgan fingerprint density at radius 1 is 1.47 bits per heavy atom. The summed E-state index contributed by atoms with van der Waals surface area (Å²) >= 11 is 6.27. The highest BCUT2D eigenvalue weighted by Gasteiger charge is 2.25. The van der Waals surface area contributed by atoms with E-state index in [9.17, 15) is 0 Å². The molecule has 0 aromatic carbocycles. The highest BCUT2D eigenvalue weighted by atomic mass is 35.5. The van der Waals surface area contributed by atoms with Gasteiger partial charge in [0, 0.05) is 30.4 Å². The average molecular weight is 225 g/mol. The first kappa shape index (κ1) is 10.9. The van der Waals surface area contributed by atoms with Crippen LogP contribution in [0.3, 0.4) is 0 Å². The van der Waals surface area contributed by atoms with Crippen molar-refractivity contribution in [3.63, 3.8) is 0 Å². The molecular weight excluding hydrogens is 208 g/mol. The molecule has 1 saturated heterocycles. The molecule has 2 nitrogen and oxygen atoms in total. The molecule has 1 aromatic rings. The molecular formula is C12H17ClN2. The summed E-state index contributed by atoms with van der Waals surface area (Å²) in [4.78, 5) is 6.48. The predicted molar refractivity (Wildman–Crippen MR) is 63.0 cm³/mol. The van der Waals surface area contributed by atoms with Gasteiger partial charge in [-0.1, -0.05) is 0 Å². The third kappa shape index (κ3) is 2.70. The number of hydrogen-bond acceptors (Lipinski definition) is 2. The minimum absolute atomic E-state index is 0.306. The number of aromatic nitrogens is 1. The van der Waals surface area contributed by atoms with E-state index < -0.39 is 0 Å². The van der Waals surface area contributed by atoms with Crippen LogP contribution in [0.5, 0.6) is 0 Å². The number of likely N-dealkylation sites (tertiary alicyclic amines) is 1. The molecule has 0 radical (unpaired) electrons. The second-order valence-electron chi connectivity index (χ2n) is 4.22. The first-order valence-corrected chi connectivity index (χ1v) is 5.98. The molecule has 2 heterocycles. The molecule has 3 heteroatoms. The molecule has 82 valence electrons. The minimum Gasteiger partial charge on any atom is -0.295 e. The Balaban J connectivity index is 1.99. The van der Waals surface area contributed by atoms with E-state index in [0.29, 0.717) is 11.4 Å². The van der Waals surface area contributed by atoms with Gasteiger partial charge >= 0.3 is 0 Å². The molecule has 2 unspecified atom stereocenters. The Morgan fingerprint density at radius 2 is 2.20 bits per heavy atom. The molecule has 0 N–H and O–H groups in total. The fourth-order valence-corrected chi connectivity index (χ4v) is 2.42. The van der Waals surface area contributed by atoms with E-state index in [1.165, 1.54) is 12.0 Å². The molecule has 0 aliphatic carbocycles. The van der Waals surface area contributed by atoms with Crippen molar-refractivity contribution in [1.29, 1.82) is 0 Å². The summed E-state index contributed by atoms with van der Waals surface area (Å²) in [5.41, 5.74) is 1.32. The van der Waals surface area contributed by atoms with E-state index in [4.69, 9.17) is 11.6 Å². The zero-order valence-corrected chi connectivity index (χ0v) is 9.82. The fraction of sp³-hybridized carbons (Fsp3) is 0.583. The first-order chi connectivity index (χ1) is 7.27. The first-order valence-electron chi connectivity index (χ1n) is 5.54. The highest BCUT2D eigenvalue weighted by Crippen LogP contribution is 2.23. The standard InChI is InChI=1S/C12H17ClN2/c1-10-12(13)3-2-8-15(10)9-11-4-6-14-7-5-11/h4-7,10,12H,2-3,8-9H2,1H3. The Morgan fingerprint density at radius 3 is 2.93 bits per heavy atom. The van der Waals surface area contributed by atoms with Crippen molar-refractivity contribution in [2.75, 3.05) is 6.54 Å². The maximum absolute atomic E-state index is 6.27. The van der Waals surface area contributed by atoms with E-state index in [-0.39, 0.29) is 0 Å². The lowest BCUT2D eigenvalue weighted by Gasteiger charge is -2.36. The van der Waals surface area contributed by atoms with Crippen LogP contribution in [0.15, 0.2) is 24.5 Å². The number of alkyl halides is 1. The summed E-state index contributed by atoms with van der Waals surface area (Å²) in [5, 5.41) is 0.306. The van der Waals surface area contributed by atoms with Crippen molar-refractivity contribution in [1.82, 2.24) is 9.88 Å². The van der Waals surface area contributed by atoms with Gasteiger partial charge in [0.05, 0.1) is 0 Å². The molecule has 0 amide bonds. The van der Waals surface area contributed by atoms with Gasteiger partial charge in [-0.25, -0.2) is 0 Å². The molecule has 1 aromatic heterocycles. The van der Waals surface area contributed by atoms with Gasteiger partial charge in [0.15, 0.2) is 0 Å². The monoisotopic (exact) mass is 224 g/mol.